The molecule has 5 nitrogen and oxygen atoms in total. The van der Waals surface area contributed by atoms with Crippen molar-refractivity contribution in [1.29, 1.82) is 0 Å². The molecule has 30 heavy (non-hydrogen) atoms. The van der Waals surface area contributed by atoms with Crippen LogP contribution >= 0.6 is 11.3 Å². The highest BCUT2D eigenvalue weighted by atomic mass is 32.1. The van der Waals surface area contributed by atoms with Gasteiger partial charge in [-0.15, -0.1) is 11.3 Å². The Morgan fingerprint density at radius 1 is 1.13 bits per heavy atom. The van der Waals surface area contributed by atoms with Crippen LogP contribution in [0.25, 0.3) is 10.4 Å². The van der Waals surface area contributed by atoms with Crippen molar-refractivity contribution >= 4 is 23.2 Å². The van der Waals surface area contributed by atoms with Gasteiger partial charge in [-0.1, -0.05) is 55.8 Å². The van der Waals surface area contributed by atoms with Crippen molar-refractivity contribution in [3.05, 3.63) is 76.7 Å². The van der Waals surface area contributed by atoms with Crippen molar-refractivity contribution in [1.82, 2.24) is 5.32 Å². The van der Waals surface area contributed by atoms with Gasteiger partial charge in [0.05, 0.1) is 6.04 Å². The normalized spacial score (nSPS) is 12.8. The second-order valence-electron chi connectivity index (χ2n) is 7.15. The number of rotatable bonds is 7. The van der Waals surface area contributed by atoms with Crippen LogP contribution in [0.1, 0.15) is 46.6 Å². The summed E-state index contributed by atoms with van der Waals surface area (Å²) < 4.78 is 11.0. The number of nitrogens with one attached hydrogen (secondary N) is 1. The van der Waals surface area contributed by atoms with Crippen molar-refractivity contribution in [2.75, 3.05) is 6.61 Å². The van der Waals surface area contributed by atoms with Crippen LogP contribution in [0.2, 0.25) is 0 Å². The van der Waals surface area contributed by atoms with E-state index in [-0.39, 0.29) is 18.6 Å². The summed E-state index contributed by atoms with van der Waals surface area (Å²) in [5.74, 6) is 0.0171. The van der Waals surface area contributed by atoms with Gasteiger partial charge in [-0.05, 0) is 30.2 Å². The summed E-state index contributed by atoms with van der Waals surface area (Å²) in [5, 5.41) is 2.97. The minimum absolute atomic E-state index is 0.0925. The molecule has 1 amide bonds. The van der Waals surface area contributed by atoms with E-state index in [1.54, 1.807) is 6.07 Å². The standard InChI is InChI=1S/C24H23NO4S/c1-2-8-19(16-9-4-3-5-10-16)25-22(26)15-29-24(27)21-13-17-14-28-20-12-7-6-11-18(20)23(17)30-21/h3-7,9-13,19H,2,8,14-15H2,1H3,(H,25,26)/t19-/m0/s1. The largest absolute Gasteiger partial charge is 0.488 e. The summed E-state index contributed by atoms with van der Waals surface area (Å²) in [6.07, 6.45) is 1.75. The summed E-state index contributed by atoms with van der Waals surface area (Å²) in [7, 11) is 0. The number of hydrogen-bond acceptors (Lipinski definition) is 5. The van der Waals surface area contributed by atoms with Gasteiger partial charge in [0.2, 0.25) is 0 Å². The minimum atomic E-state index is -0.492. The van der Waals surface area contributed by atoms with Crippen LogP contribution in [0.5, 0.6) is 5.75 Å². The highest BCUT2D eigenvalue weighted by molar-refractivity contribution is 7.17. The van der Waals surface area contributed by atoms with Crippen molar-refractivity contribution < 1.29 is 19.1 Å². The molecule has 2 aromatic carbocycles. The van der Waals surface area contributed by atoms with Gasteiger partial charge in [-0.2, -0.15) is 0 Å². The van der Waals surface area contributed by atoms with E-state index in [4.69, 9.17) is 9.47 Å². The van der Waals surface area contributed by atoms with Crippen LogP contribution in [0, 0.1) is 0 Å². The first-order chi connectivity index (χ1) is 14.7. The summed E-state index contributed by atoms with van der Waals surface area (Å²) in [6, 6.07) is 19.3. The Morgan fingerprint density at radius 3 is 2.70 bits per heavy atom. The molecular formula is C24H23NO4S. The van der Waals surface area contributed by atoms with Crippen molar-refractivity contribution in [3.63, 3.8) is 0 Å². The highest BCUT2D eigenvalue weighted by Crippen LogP contribution is 2.42. The molecule has 1 N–H and O–H groups in total. The predicted octanol–water partition coefficient (Wildman–Crippen LogP) is 5.12. The zero-order valence-corrected chi connectivity index (χ0v) is 17.5. The number of thiophene rings is 1. The Hall–Kier alpha value is -3.12. The summed E-state index contributed by atoms with van der Waals surface area (Å²) in [5.41, 5.74) is 2.98. The maximum atomic E-state index is 12.5. The number of carbonyl (C=O) groups is 2. The second kappa shape index (κ2) is 9.13. The topological polar surface area (TPSA) is 64.6 Å². The molecule has 2 heterocycles. The van der Waals surface area contributed by atoms with E-state index >= 15 is 0 Å². The molecule has 0 radical (unpaired) electrons. The van der Waals surface area contributed by atoms with Crippen molar-refractivity contribution in [2.24, 2.45) is 0 Å². The molecule has 0 fully saturated rings. The maximum Gasteiger partial charge on any atom is 0.348 e. The van der Waals surface area contributed by atoms with Gasteiger partial charge in [-0.25, -0.2) is 4.79 Å². The molecule has 0 spiro atoms. The third-order valence-electron chi connectivity index (χ3n) is 4.97. The Balaban J connectivity index is 1.38. The molecule has 1 aromatic heterocycles. The first-order valence-electron chi connectivity index (χ1n) is 10.0. The molecule has 154 valence electrons. The fourth-order valence-corrected chi connectivity index (χ4v) is 4.63. The van der Waals surface area contributed by atoms with E-state index < -0.39 is 5.97 Å². The SMILES string of the molecule is CCC[C@H](NC(=O)COC(=O)c1cc2c(s1)-c1ccccc1OC2)c1ccccc1. The van der Waals surface area contributed by atoms with Crippen LogP contribution in [-0.4, -0.2) is 18.5 Å². The minimum Gasteiger partial charge on any atom is -0.488 e. The molecule has 1 atom stereocenters. The van der Waals surface area contributed by atoms with E-state index in [1.807, 2.05) is 54.6 Å². The third kappa shape index (κ3) is 4.39. The van der Waals surface area contributed by atoms with Crippen LogP contribution in [0.3, 0.4) is 0 Å². The molecule has 0 aliphatic carbocycles. The fraction of sp³-hybridized carbons (Fsp3) is 0.250. The second-order valence-corrected chi connectivity index (χ2v) is 8.20. The summed E-state index contributed by atoms with van der Waals surface area (Å²) >= 11 is 1.37. The van der Waals surface area contributed by atoms with Crippen molar-refractivity contribution in [3.8, 4) is 16.2 Å². The number of carbonyl (C=O) groups excluding carboxylic acids is 2. The smallest absolute Gasteiger partial charge is 0.348 e. The number of hydrogen-bond donors (Lipinski definition) is 1. The zero-order chi connectivity index (χ0) is 20.9. The number of amides is 1. The lowest BCUT2D eigenvalue weighted by Crippen LogP contribution is -2.32. The quantitative estimate of drug-likeness (QED) is 0.538. The van der Waals surface area contributed by atoms with Crippen molar-refractivity contribution in [2.45, 2.75) is 32.4 Å². The monoisotopic (exact) mass is 421 g/mol. The molecule has 0 saturated heterocycles. The summed E-state index contributed by atoms with van der Waals surface area (Å²) in [6.45, 7) is 2.19. The van der Waals surface area contributed by atoms with E-state index in [0.717, 1.165) is 40.2 Å². The van der Waals surface area contributed by atoms with Crippen LogP contribution in [0.4, 0.5) is 0 Å². The molecular weight excluding hydrogens is 398 g/mol. The lowest BCUT2D eigenvalue weighted by molar-refractivity contribution is -0.125. The van der Waals surface area contributed by atoms with Gasteiger partial charge in [0.25, 0.3) is 5.91 Å². The van der Waals surface area contributed by atoms with Gasteiger partial charge in [-0.3, -0.25) is 4.79 Å². The van der Waals surface area contributed by atoms with E-state index in [0.29, 0.717) is 11.5 Å². The van der Waals surface area contributed by atoms with Gasteiger partial charge < -0.3 is 14.8 Å². The zero-order valence-electron chi connectivity index (χ0n) is 16.7. The van der Waals surface area contributed by atoms with E-state index in [2.05, 4.69) is 12.2 Å². The number of fused-ring (bicyclic) bond motifs is 3. The number of para-hydroxylation sites is 1. The Labute approximate surface area is 179 Å². The van der Waals surface area contributed by atoms with Crippen LogP contribution in [-0.2, 0) is 16.1 Å². The predicted molar refractivity (Wildman–Crippen MR) is 117 cm³/mol. The van der Waals surface area contributed by atoms with Crippen LogP contribution in [0.15, 0.2) is 60.7 Å². The molecule has 0 unspecified atom stereocenters. The number of ether oxygens (including phenoxy) is 2. The van der Waals surface area contributed by atoms with Gasteiger partial charge in [0.15, 0.2) is 6.61 Å². The first kappa shape index (κ1) is 20.2. The molecule has 0 bridgehead atoms. The molecule has 4 rings (SSSR count). The van der Waals surface area contributed by atoms with Gasteiger partial charge in [0.1, 0.15) is 17.2 Å². The fourth-order valence-electron chi connectivity index (χ4n) is 3.53. The Kier molecular flexibility index (Phi) is 6.14. The molecule has 1 aliphatic heterocycles. The maximum absolute atomic E-state index is 12.5. The third-order valence-corrected chi connectivity index (χ3v) is 6.16. The summed E-state index contributed by atoms with van der Waals surface area (Å²) in [4.78, 5) is 26.4. The Bertz CT molecular complexity index is 1040. The Morgan fingerprint density at radius 2 is 1.90 bits per heavy atom. The van der Waals surface area contributed by atoms with E-state index in [9.17, 15) is 9.59 Å². The number of esters is 1. The van der Waals surface area contributed by atoms with Gasteiger partial charge in [0, 0.05) is 16.0 Å². The number of benzene rings is 2. The lowest BCUT2D eigenvalue weighted by Gasteiger charge is -2.18. The first-order valence-corrected chi connectivity index (χ1v) is 10.8. The molecule has 6 heteroatoms. The van der Waals surface area contributed by atoms with E-state index in [1.165, 1.54) is 11.3 Å². The van der Waals surface area contributed by atoms with Gasteiger partial charge >= 0.3 is 5.97 Å². The molecule has 3 aromatic rings. The average Bonchev–Trinajstić information content (AvgIpc) is 3.23. The molecule has 1 aliphatic rings. The molecule has 0 saturated carbocycles. The highest BCUT2D eigenvalue weighted by Gasteiger charge is 2.23. The lowest BCUT2D eigenvalue weighted by atomic mass is 10.0. The van der Waals surface area contributed by atoms with Crippen LogP contribution < -0.4 is 10.1 Å². The average molecular weight is 422 g/mol.